The zero-order chi connectivity index (χ0) is 11.8. The van der Waals surface area contributed by atoms with E-state index < -0.39 is 6.29 Å². The van der Waals surface area contributed by atoms with Gasteiger partial charge in [-0.05, 0) is 18.6 Å². The lowest BCUT2D eigenvalue weighted by molar-refractivity contribution is -0.0436. The third kappa shape index (κ3) is 4.39. The smallest absolute Gasteiger partial charge is 0.461 e. The highest BCUT2D eigenvalue weighted by molar-refractivity contribution is 6.15. The number of unbranched alkanes of at least 4 members (excludes halogenated alkanes) is 3. The molecule has 0 aliphatic heterocycles. The molecule has 1 radical (unpaired) electrons. The molecular weight excluding hydrogens is 207 g/mol. The van der Waals surface area contributed by atoms with E-state index in [0.29, 0.717) is 13.4 Å². The number of aryl methyl sites for hydroxylation is 1. The molecule has 1 rings (SSSR count). The summed E-state index contributed by atoms with van der Waals surface area (Å²) in [5.41, 5.74) is 0. The van der Waals surface area contributed by atoms with Crippen LogP contribution in [-0.4, -0.2) is 17.8 Å². The summed E-state index contributed by atoms with van der Waals surface area (Å²) in [5, 5.41) is 17.7. The Bertz CT molecular complexity index is 287. The lowest BCUT2D eigenvalue weighted by Crippen LogP contribution is -2.05. The first-order chi connectivity index (χ1) is 7.77. The summed E-state index contributed by atoms with van der Waals surface area (Å²) in [4.78, 5) is 0. The topological polar surface area (TPSA) is 62.8 Å². The van der Waals surface area contributed by atoms with Crippen LogP contribution in [-0.2, 0) is 11.1 Å². The van der Waals surface area contributed by atoms with Crippen molar-refractivity contribution in [3.8, 4) is 0 Å². The summed E-state index contributed by atoms with van der Waals surface area (Å²) in [6.07, 6.45) is 4.37. The predicted molar refractivity (Wildman–Crippen MR) is 60.6 cm³/mol. The summed E-state index contributed by atoms with van der Waals surface area (Å²) in [5.74, 6) is 1.16. The molecule has 0 aliphatic carbocycles. The van der Waals surface area contributed by atoms with Crippen LogP contribution in [0.15, 0.2) is 16.5 Å². The second kappa shape index (κ2) is 7.49. The Labute approximate surface area is 96.5 Å². The van der Waals surface area contributed by atoms with Crippen LogP contribution < -0.4 is 0 Å². The second-order valence-corrected chi connectivity index (χ2v) is 3.71. The molecule has 0 fully saturated rings. The van der Waals surface area contributed by atoms with Gasteiger partial charge in [0, 0.05) is 6.42 Å². The van der Waals surface area contributed by atoms with Crippen molar-refractivity contribution in [1.82, 2.24) is 0 Å². The first-order valence-corrected chi connectivity index (χ1v) is 5.66. The molecule has 0 amide bonds. The summed E-state index contributed by atoms with van der Waals surface area (Å²) in [7, 11) is 0.452. The number of aliphatic hydroxyl groups excluding tert-OH is 1. The van der Waals surface area contributed by atoms with Crippen LogP contribution in [0.5, 0.6) is 0 Å². The number of hydrogen-bond acceptors (Lipinski definition) is 4. The molecule has 0 spiro atoms. The van der Waals surface area contributed by atoms with Gasteiger partial charge in [-0.1, -0.05) is 26.2 Å². The largest absolute Gasteiger partial charge is 0.487 e. The Morgan fingerprint density at radius 3 is 2.88 bits per heavy atom. The molecular formula is C11H18BO4. The van der Waals surface area contributed by atoms with Crippen molar-refractivity contribution >= 4 is 7.69 Å². The fourth-order valence-electron chi connectivity index (χ4n) is 1.51. The molecule has 0 aliphatic rings. The van der Waals surface area contributed by atoms with E-state index in [2.05, 4.69) is 11.6 Å². The van der Waals surface area contributed by atoms with E-state index >= 15 is 0 Å². The van der Waals surface area contributed by atoms with Gasteiger partial charge >= 0.3 is 7.69 Å². The molecule has 4 nitrogen and oxygen atoms in total. The zero-order valence-electron chi connectivity index (χ0n) is 9.56. The van der Waals surface area contributed by atoms with Gasteiger partial charge in [0.2, 0.25) is 6.29 Å². The summed E-state index contributed by atoms with van der Waals surface area (Å²) in [6, 6.07) is 3.48. The monoisotopic (exact) mass is 225 g/mol. The molecule has 1 aromatic heterocycles. The lowest BCUT2D eigenvalue weighted by atomic mass is 10.1. The van der Waals surface area contributed by atoms with Crippen LogP contribution in [0.2, 0.25) is 0 Å². The molecule has 1 aromatic rings. The Morgan fingerprint density at radius 2 is 2.19 bits per heavy atom. The van der Waals surface area contributed by atoms with Crippen LogP contribution in [0.3, 0.4) is 0 Å². The Kier molecular flexibility index (Phi) is 6.22. The van der Waals surface area contributed by atoms with Crippen molar-refractivity contribution in [2.45, 2.75) is 45.3 Å². The average Bonchev–Trinajstić information content (AvgIpc) is 2.73. The maximum atomic E-state index is 9.34. The van der Waals surface area contributed by atoms with E-state index in [9.17, 15) is 5.11 Å². The van der Waals surface area contributed by atoms with Crippen molar-refractivity contribution < 1.29 is 19.2 Å². The second-order valence-electron chi connectivity index (χ2n) is 3.71. The van der Waals surface area contributed by atoms with Crippen molar-refractivity contribution in [3.05, 3.63) is 23.7 Å². The van der Waals surface area contributed by atoms with E-state index in [1.807, 2.05) is 6.07 Å². The highest BCUT2D eigenvalue weighted by Gasteiger charge is 2.12. The average molecular weight is 225 g/mol. The Hall–Kier alpha value is -0.775. The normalized spacial score (nSPS) is 12.7. The van der Waals surface area contributed by atoms with Gasteiger partial charge in [-0.25, -0.2) is 0 Å². The molecule has 0 saturated carbocycles. The van der Waals surface area contributed by atoms with Gasteiger partial charge in [0.05, 0.1) is 0 Å². The number of furan rings is 1. The molecule has 1 unspecified atom stereocenters. The number of hydrogen-bond donors (Lipinski definition) is 2. The standard InChI is InChI=1S/C11H18BO4/c1-2-3-4-5-6-9-7-8-10(15-9)11(13)16-12-14/h7-8,11,13-14H,2-6H2,1H3. The van der Waals surface area contributed by atoms with Gasteiger partial charge in [-0.15, -0.1) is 0 Å². The van der Waals surface area contributed by atoms with Crippen LogP contribution in [0, 0.1) is 0 Å². The highest BCUT2D eigenvalue weighted by atomic mass is 16.6. The Balaban J connectivity index is 2.33. The van der Waals surface area contributed by atoms with E-state index in [1.54, 1.807) is 6.07 Å². The molecule has 89 valence electrons. The van der Waals surface area contributed by atoms with Crippen molar-refractivity contribution in [2.75, 3.05) is 0 Å². The van der Waals surface area contributed by atoms with Gasteiger partial charge in [0.15, 0.2) is 5.76 Å². The molecule has 5 heteroatoms. The molecule has 0 bridgehead atoms. The summed E-state index contributed by atoms with van der Waals surface area (Å²) in [6.45, 7) is 2.17. The van der Waals surface area contributed by atoms with Gasteiger partial charge in [-0.2, -0.15) is 0 Å². The lowest BCUT2D eigenvalue weighted by Gasteiger charge is -2.05. The van der Waals surface area contributed by atoms with Gasteiger partial charge in [-0.3, -0.25) is 0 Å². The summed E-state index contributed by atoms with van der Waals surface area (Å²) >= 11 is 0. The zero-order valence-corrected chi connectivity index (χ0v) is 9.56. The van der Waals surface area contributed by atoms with Crippen LogP contribution in [0.25, 0.3) is 0 Å². The van der Waals surface area contributed by atoms with Crippen LogP contribution in [0.1, 0.15) is 50.4 Å². The van der Waals surface area contributed by atoms with E-state index in [1.165, 1.54) is 19.3 Å². The fourth-order valence-corrected chi connectivity index (χ4v) is 1.51. The van der Waals surface area contributed by atoms with E-state index in [4.69, 9.17) is 9.44 Å². The van der Waals surface area contributed by atoms with Crippen LogP contribution in [0.4, 0.5) is 0 Å². The highest BCUT2D eigenvalue weighted by Crippen LogP contribution is 2.18. The SMILES string of the molecule is CCCCCCc1ccc(C(O)O[B]O)o1. The van der Waals surface area contributed by atoms with E-state index in [0.717, 1.165) is 18.6 Å². The minimum atomic E-state index is -1.23. The molecule has 1 atom stereocenters. The van der Waals surface area contributed by atoms with Gasteiger partial charge in [0.25, 0.3) is 0 Å². The van der Waals surface area contributed by atoms with E-state index in [-0.39, 0.29) is 0 Å². The van der Waals surface area contributed by atoms with Gasteiger partial charge < -0.3 is 19.2 Å². The molecule has 0 saturated heterocycles. The molecule has 1 heterocycles. The summed E-state index contributed by atoms with van der Waals surface area (Å²) < 4.78 is 9.85. The maximum Gasteiger partial charge on any atom is 0.487 e. The van der Waals surface area contributed by atoms with Crippen molar-refractivity contribution in [1.29, 1.82) is 0 Å². The Morgan fingerprint density at radius 1 is 1.38 bits per heavy atom. The fraction of sp³-hybridized carbons (Fsp3) is 0.636. The minimum absolute atomic E-state index is 0.316. The third-order valence-electron chi connectivity index (χ3n) is 2.39. The first kappa shape index (κ1) is 13.3. The van der Waals surface area contributed by atoms with Gasteiger partial charge in [0.1, 0.15) is 5.76 Å². The maximum absolute atomic E-state index is 9.34. The number of rotatable bonds is 8. The molecule has 2 N–H and O–H groups in total. The van der Waals surface area contributed by atoms with Crippen LogP contribution >= 0.6 is 0 Å². The van der Waals surface area contributed by atoms with Crippen molar-refractivity contribution in [3.63, 3.8) is 0 Å². The first-order valence-electron chi connectivity index (χ1n) is 5.66. The quantitative estimate of drug-likeness (QED) is 0.403. The molecule has 16 heavy (non-hydrogen) atoms. The third-order valence-corrected chi connectivity index (χ3v) is 2.39. The molecule has 0 aromatic carbocycles. The van der Waals surface area contributed by atoms with Crippen molar-refractivity contribution in [2.24, 2.45) is 0 Å². The minimum Gasteiger partial charge on any atom is -0.461 e. The number of aliphatic hydroxyl groups is 1. The predicted octanol–water partition coefficient (Wildman–Crippen LogP) is 1.94.